The van der Waals surface area contributed by atoms with Crippen LogP contribution in [0.4, 0.5) is 0 Å². The molecule has 2 heterocycles. The van der Waals surface area contributed by atoms with E-state index in [1.165, 1.54) is 0 Å². The molecular weight excluding hydrogens is 202 g/mol. The van der Waals surface area contributed by atoms with Gasteiger partial charge in [-0.1, -0.05) is 0 Å². The Labute approximate surface area is 98.6 Å². The SMILES string of the molecule is CC(C)N1CCC(O)(CN2CCNCC2)C1. The number of nitrogens with zero attached hydrogens (tertiary/aromatic N) is 2. The first-order valence-corrected chi connectivity index (χ1v) is 6.49. The lowest BCUT2D eigenvalue weighted by Gasteiger charge is -2.34. The third kappa shape index (κ3) is 2.94. The third-order valence-corrected chi connectivity index (χ3v) is 3.82. The van der Waals surface area contributed by atoms with Crippen molar-refractivity contribution in [2.24, 2.45) is 0 Å². The standard InChI is InChI=1S/C12H25N3O/c1-11(2)15-6-3-12(16,10-15)9-14-7-4-13-5-8-14/h11,13,16H,3-10H2,1-2H3. The summed E-state index contributed by atoms with van der Waals surface area (Å²) in [6.07, 6.45) is 0.926. The van der Waals surface area contributed by atoms with Gasteiger partial charge in [0.15, 0.2) is 0 Å². The number of piperazine rings is 1. The monoisotopic (exact) mass is 227 g/mol. The number of β-amino-alcohol motifs (C(OH)–C–C–N with tert-alkyl or cyclic N) is 1. The van der Waals surface area contributed by atoms with E-state index >= 15 is 0 Å². The first-order valence-electron chi connectivity index (χ1n) is 6.49. The summed E-state index contributed by atoms with van der Waals surface area (Å²) in [5.41, 5.74) is -0.471. The first-order chi connectivity index (χ1) is 7.59. The Morgan fingerprint density at radius 3 is 2.50 bits per heavy atom. The summed E-state index contributed by atoms with van der Waals surface area (Å²) in [5, 5.41) is 13.9. The molecule has 1 atom stereocenters. The normalized spacial score (nSPS) is 33.8. The van der Waals surface area contributed by atoms with Crippen LogP contribution in [0.15, 0.2) is 0 Å². The summed E-state index contributed by atoms with van der Waals surface area (Å²) >= 11 is 0. The molecule has 2 fully saturated rings. The summed E-state index contributed by atoms with van der Waals surface area (Å²) in [7, 11) is 0. The minimum absolute atomic E-state index is 0.471. The van der Waals surface area contributed by atoms with Crippen LogP contribution in [0.5, 0.6) is 0 Å². The predicted octanol–water partition coefficient (Wildman–Crippen LogP) is -0.263. The molecular formula is C12H25N3O. The highest BCUT2D eigenvalue weighted by molar-refractivity contribution is 4.94. The van der Waals surface area contributed by atoms with E-state index in [0.29, 0.717) is 6.04 Å². The largest absolute Gasteiger partial charge is 0.387 e. The van der Waals surface area contributed by atoms with Crippen molar-refractivity contribution < 1.29 is 5.11 Å². The highest BCUT2D eigenvalue weighted by Gasteiger charge is 2.38. The summed E-state index contributed by atoms with van der Waals surface area (Å²) in [6.45, 7) is 11.4. The predicted molar refractivity (Wildman–Crippen MR) is 65.6 cm³/mol. The van der Waals surface area contributed by atoms with Crippen molar-refractivity contribution >= 4 is 0 Å². The molecule has 2 rings (SSSR count). The maximum absolute atomic E-state index is 10.6. The molecule has 4 nitrogen and oxygen atoms in total. The molecule has 4 heteroatoms. The fourth-order valence-corrected chi connectivity index (χ4v) is 2.74. The summed E-state index contributed by atoms with van der Waals surface area (Å²) < 4.78 is 0. The fourth-order valence-electron chi connectivity index (χ4n) is 2.74. The first kappa shape index (κ1) is 12.3. The second kappa shape index (κ2) is 5.00. The highest BCUT2D eigenvalue weighted by Crippen LogP contribution is 2.24. The average Bonchev–Trinajstić information content (AvgIpc) is 2.62. The van der Waals surface area contributed by atoms with Crippen molar-refractivity contribution in [1.29, 1.82) is 0 Å². The molecule has 2 aliphatic rings. The molecule has 94 valence electrons. The van der Waals surface area contributed by atoms with Gasteiger partial charge >= 0.3 is 0 Å². The summed E-state index contributed by atoms with van der Waals surface area (Å²) in [6, 6.07) is 0.553. The number of hydrogen-bond acceptors (Lipinski definition) is 4. The smallest absolute Gasteiger partial charge is 0.0912 e. The lowest BCUT2D eigenvalue weighted by Crippen LogP contribution is -2.51. The van der Waals surface area contributed by atoms with Crippen LogP contribution >= 0.6 is 0 Å². The van der Waals surface area contributed by atoms with Gasteiger partial charge in [-0.2, -0.15) is 0 Å². The zero-order valence-electron chi connectivity index (χ0n) is 10.6. The Kier molecular flexibility index (Phi) is 3.85. The Morgan fingerprint density at radius 1 is 1.25 bits per heavy atom. The molecule has 0 radical (unpaired) electrons. The van der Waals surface area contributed by atoms with Gasteiger partial charge in [0.25, 0.3) is 0 Å². The molecule has 0 aliphatic carbocycles. The van der Waals surface area contributed by atoms with Gasteiger partial charge in [-0.25, -0.2) is 0 Å². The Hall–Kier alpha value is -0.160. The van der Waals surface area contributed by atoms with E-state index in [4.69, 9.17) is 0 Å². The van der Waals surface area contributed by atoms with E-state index in [9.17, 15) is 5.11 Å². The van der Waals surface area contributed by atoms with Gasteiger partial charge in [-0.3, -0.25) is 9.80 Å². The topological polar surface area (TPSA) is 38.7 Å². The van der Waals surface area contributed by atoms with Crippen LogP contribution in [0, 0.1) is 0 Å². The van der Waals surface area contributed by atoms with E-state index < -0.39 is 5.60 Å². The van der Waals surface area contributed by atoms with Crippen LogP contribution < -0.4 is 5.32 Å². The maximum Gasteiger partial charge on any atom is 0.0912 e. The number of hydrogen-bond donors (Lipinski definition) is 2. The van der Waals surface area contributed by atoms with Gasteiger partial charge in [0.2, 0.25) is 0 Å². The van der Waals surface area contributed by atoms with Crippen LogP contribution in [0.25, 0.3) is 0 Å². The van der Waals surface area contributed by atoms with Gasteiger partial charge in [-0.05, 0) is 20.3 Å². The Balaban J connectivity index is 1.84. The second-order valence-electron chi connectivity index (χ2n) is 5.56. The zero-order chi connectivity index (χ0) is 11.6. The Morgan fingerprint density at radius 2 is 1.94 bits per heavy atom. The number of aliphatic hydroxyl groups is 1. The number of nitrogens with one attached hydrogen (secondary N) is 1. The average molecular weight is 227 g/mol. The van der Waals surface area contributed by atoms with Gasteiger partial charge in [0, 0.05) is 51.9 Å². The lowest BCUT2D eigenvalue weighted by atomic mass is 10.0. The van der Waals surface area contributed by atoms with Gasteiger partial charge in [0.1, 0.15) is 0 Å². The molecule has 0 aromatic carbocycles. The minimum Gasteiger partial charge on any atom is -0.387 e. The molecule has 0 aromatic rings. The third-order valence-electron chi connectivity index (χ3n) is 3.82. The van der Waals surface area contributed by atoms with Crippen LogP contribution in [0.1, 0.15) is 20.3 Å². The van der Waals surface area contributed by atoms with E-state index in [2.05, 4.69) is 29.0 Å². The second-order valence-corrected chi connectivity index (χ2v) is 5.56. The molecule has 0 aromatic heterocycles. The molecule has 16 heavy (non-hydrogen) atoms. The maximum atomic E-state index is 10.6. The van der Waals surface area contributed by atoms with E-state index in [1.807, 2.05) is 0 Å². The van der Waals surface area contributed by atoms with Crippen molar-refractivity contribution in [2.45, 2.75) is 31.9 Å². The molecule has 1 unspecified atom stereocenters. The van der Waals surface area contributed by atoms with Crippen LogP contribution in [-0.4, -0.2) is 72.4 Å². The number of rotatable bonds is 3. The fraction of sp³-hybridized carbons (Fsp3) is 1.00. The van der Waals surface area contributed by atoms with E-state index in [0.717, 1.165) is 52.2 Å². The van der Waals surface area contributed by atoms with Crippen molar-refractivity contribution in [1.82, 2.24) is 15.1 Å². The lowest BCUT2D eigenvalue weighted by molar-refractivity contribution is 0.00648. The van der Waals surface area contributed by atoms with E-state index in [1.54, 1.807) is 0 Å². The van der Waals surface area contributed by atoms with Crippen molar-refractivity contribution in [2.75, 3.05) is 45.8 Å². The van der Waals surface area contributed by atoms with Crippen LogP contribution in [0.2, 0.25) is 0 Å². The van der Waals surface area contributed by atoms with Crippen LogP contribution in [-0.2, 0) is 0 Å². The van der Waals surface area contributed by atoms with Crippen molar-refractivity contribution in [3.05, 3.63) is 0 Å². The van der Waals surface area contributed by atoms with Crippen molar-refractivity contribution in [3.8, 4) is 0 Å². The van der Waals surface area contributed by atoms with Gasteiger partial charge < -0.3 is 10.4 Å². The quantitative estimate of drug-likeness (QED) is 0.697. The molecule has 0 bridgehead atoms. The summed E-state index contributed by atoms with van der Waals surface area (Å²) in [5.74, 6) is 0. The van der Waals surface area contributed by atoms with Gasteiger partial charge in [0.05, 0.1) is 5.60 Å². The van der Waals surface area contributed by atoms with Crippen LogP contribution in [0.3, 0.4) is 0 Å². The Bertz CT molecular complexity index is 228. The molecule has 2 aliphatic heterocycles. The summed E-state index contributed by atoms with van der Waals surface area (Å²) in [4.78, 5) is 4.77. The minimum atomic E-state index is -0.471. The highest BCUT2D eigenvalue weighted by atomic mass is 16.3. The molecule has 2 N–H and O–H groups in total. The molecule has 0 spiro atoms. The molecule has 0 amide bonds. The van der Waals surface area contributed by atoms with Gasteiger partial charge in [-0.15, -0.1) is 0 Å². The van der Waals surface area contributed by atoms with Crippen molar-refractivity contribution in [3.63, 3.8) is 0 Å². The molecule has 0 saturated carbocycles. The zero-order valence-corrected chi connectivity index (χ0v) is 10.6. The molecule has 2 saturated heterocycles. The van der Waals surface area contributed by atoms with E-state index in [-0.39, 0.29) is 0 Å². The number of likely N-dealkylation sites (tertiary alicyclic amines) is 1.